The quantitative estimate of drug-likeness (QED) is 0.463. The van der Waals surface area contributed by atoms with E-state index in [1.54, 1.807) is 36.4 Å². The summed E-state index contributed by atoms with van der Waals surface area (Å²) in [6, 6.07) is 11.6. The second kappa shape index (κ2) is 8.31. The molecule has 0 saturated heterocycles. The number of phenolic OH excluding ortho intramolecular Hbond substituents is 1. The number of hydrogen-bond donors (Lipinski definition) is 1. The summed E-state index contributed by atoms with van der Waals surface area (Å²) in [7, 11) is 1.43. The fourth-order valence-electron chi connectivity index (χ4n) is 1.91. The first kappa shape index (κ1) is 17.7. The number of ketones is 1. The lowest BCUT2D eigenvalue weighted by Gasteiger charge is -2.04. The van der Waals surface area contributed by atoms with E-state index in [0.717, 1.165) is 0 Å². The van der Waals surface area contributed by atoms with E-state index in [1.165, 1.54) is 25.3 Å². The third-order valence-corrected chi connectivity index (χ3v) is 3.83. The van der Waals surface area contributed by atoms with Crippen LogP contribution in [-0.4, -0.2) is 30.6 Å². The van der Waals surface area contributed by atoms with Gasteiger partial charge in [-0.1, -0.05) is 40.2 Å². The Bertz CT molecular complexity index is 783. The van der Waals surface area contributed by atoms with Gasteiger partial charge in [-0.25, -0.2) is 4.79 Å². The summed E-state index contributed by atoms with van der Waals surface area (Å²) in [5.41, 5.74) is 1.11. The number of benzene rings is 2. The SMILES string of the molecule is COc1cc(/C=C/C(=O)OCC(=O)c2ccccc2Br)ccc1O. The number of ether oxygens (including phenoxy) is 2. The van der Waals surface area contributed by atoms with Gasteiger partial charge in [0, 0.05) is 16.1 Å². The molecule has 0 aliphatic heterocycles. The van der Waals surface area contributed by atoms with E-state index in [4.69, 9.17) is 9.47 Å². The standard InChI is InChI=1S/C18H15BrO5/c1-23-17-10-12(6-8-15(17)20)7-9-18(22)24-11-16(21)13-4-2-3-5-14(13)19/h2-10,20H,11H2,1H3/b9-7+. The highest BCUT2D eigenvalue weighted by Crippen LogP contribution is 2.26. The molecule has 0 radical (unpaired) electrons. The minimum absolute atomic E-state index is 0.0104. The zero-order valence-electron chi connectivity index (χ0n) is 12.9. The molecule has 6 heteroatoms. The van der Waals surface area contributed by atoms with Crippen molar-refractivity contribution in [2.75, 3.05) is 13.7 Å². The normalized spacial score (nSPS) is 10.6. The number of Topliss-reactive ketones (excluding diaryl/α,β-unsaturated/α-hetero) is 1. The monoisotopic (exact) mass is 390 g/mol. The smallest absolute Gasteiger partial charge is 0.331 e. The van der Waals surface area contributed by atoms with Crippen molar-refractivity contribution in [3.8, 4) is 11.5 Å². The highest BCUT2D eigenvalue weighted by atomic mass is 79.9. The fraction of sp³-hybridized carbons (Fsp3) is 0.111. The molecule has 5 nitrogen and oxygen atoms in total. The van der Waals surface area contributed by atoms with Crippen molar-refractivity contribution in [1.29, 1.82) is 0 Å². The number of phenols is 1. The molecule has 2 rings (SSSR count). The van der Waals surface area contributed by atoms with Crippen LogP contribution in [0.5, 0.6) is 11.5 Å². The topological polar surface area (TPSA) is 72.8 Å². The summed E-state index contributed by atoms with van der Waals surface area (Å²) in [5.74, 6) is -0.621. The van der Waals surface area contributed by atoms with Crippen LogP contribution in [0.25, 0.3) is 6.08 Å². The summed E-state index contributed by atoms with van der Waals surface area (Å²) in [6.07, 6.45) is 2.71. The number of methoxy groups -OCH3 is 1. The predicted octanol–water partition coefficient (Wildman–Crippen LogP) is 3.60. The molecule has 0 heterocycles. The lowest BCUT2D eigenvalue weighted by molar-refractivity contribution is -0.136. The first-order chi connectivity index (χ1) is 11.5. The van der Waals surface area contributed by atoms with Crippen molar-refractivity contribution in [1.82, 2.24) is 0 Å². The molecule has 24 heavy (non-hydrogen) atoms. The van der Waals surface area contributed by atoms with E-state index in [1.807, 2.05) is 0 Å². The molecule has 0 unspecified atom stereocenters. The van der Waals surface area contributed by atoms with Crippen molar-refractivity contribution in [2.45, 2.75) is 0 Å². The summed E-state index contributed by atoms with van der Waals surface area (Å²) >= 11 is 3.28. The highest BCUT2D eigenvalue weighted by molar-refractivity contribution is 9.10. The summed E-state index contributed by atoms with van der Waals surface area (Å²) in [6.45, 7) is -0.343. The van der Waals surface area contributed by atoms with Gasteiger partial charge < -0.3 is 14.6 Å². The Hall–Kier alpha value is -2.60. The van der Waals surface area contributed by atoms with Crippen LogP contribution >= 0.6 is 15.9 Å². The maximum absolute atomic E-state index is 12.0. The van der Waals surface area contributed by atoms with E-state index in [-0.39, 0.29) is 18.1 Å². The molecule has 0 fully saturated rings. The van der Waals surface area contributed by atoms with Crippen molar-refractivity contribution in [3.63, 3.8) is 0 Å². The molecule has 0 bridgehead atoms. The molecule has 0 amide bonds. The molecule has 0 atom stereocenters. The van der Waals surface area contributed by atoms with Gasteiger partial charge in [-0.3, -0.25) is 4.79 Å². The Morgan fingerprint density at radius 1 is 1.21 bits per heavy atom. The van der Waals surface area contributed by atoms with Gasteiger partial charge in [-0.15, -0.1) is 0 Å². The minimum Gasteiger partial charge on any atom is -0.504 e. The van der Waals surface area contributed by atoms with Crippen molar-refractivity contribution in [3.05, 3.63) is 64.1 Å². The van der Waals surface area contributed by atoms with E-state index in [2.05, 4.69) is 15.9 Å². The molecule has 2 aromatic rings. The van der Waals surface area contributed by atoms with Crippen molar-refractivity contribution >= 4 is 33.8 Å². The summed E-state index contributed by atoms with van der Waals surface area (Å²) in [4.78, 5) is 23.7. The van der Waals surface area contributed by atoms with Gasteiger partial charge in [-0.05, 0) is 29.8 Å². The lowest BCUT2D eigenvalue weighted by atomic mass is 10.1. The van der Waals surface area contributed by atoms with Gasteiger partial charge >= 0.3 is 5.97 Å². The van der Waals surface area contributed by atoms with Crippen LogP contribution < -0.4 is 4.74 Å². The molecule has 1 N–H and O–H groups in total. The fourth-order valence-corrected chi connectivity index (χ4v) is 2.42. The van der Waals surface area contributed by atoms with Crippen molar-refractivity contribution < 1.29 is 24.2 Å². The van der Waals surface area contributed by atoms with Gasteiger partial charge in [0.15, 0.2) is 18.1 Å². The average molecular weight is 391 g/mol. The van der Waals surface area contributed by atoms with E-state index in [0.29, 0.717) is 21.3 Å². The average Bonchev–Trinajstić information content (AvgIpc) is 2.59. The van der Waals surface area contributed by atoms with E-state index in [9.17, 15) is 14.7 Å². The molecule has 0 aliphatic carbocycles. The van der Waals surface area contributed by atoms with E-state index < -0.39 is 5.97 Å². The van der Waals surface area contributed by atoms with Crippen LogP contribution in [0.15, 0.2) is 53.0 Å². The molecular formula is C18H15BrO5. The third kappa shape index (κ3) is 4.70. The van der Waals surface area contributed by atoms with Crippen LogP contribution in [0.4, 0.5) is 0 Å². The molecule has 0 spiro atoms. The van der Waals surface area contributed by atoms with Crippen LogP contribution in [-0.2, 0) is 9.53 Å². The number of esters is 1. The van der Waals surface area contributed by atoms with Gasteiger partial charge in [0.2, 0.25) is 5.78 Å². The maximum Gasteiger partial charge on any atom is 0.331 e. The number of carbonyl (C=O) groups excluding carboxylic acids is 2. The van der Waals surface area contributed by atoms with Gasteiger partial charge in [0.05, 0.1) is 7.11 Å². The van der Waals surface area contributed by atoms with Crippen LogP contribution in [0.1, 0.15) is 15.9 Å². The number of carbonyl (C=O) groups is 2. The molecule has 0 aromatic heterocycles. The Labute approximate surface area is 147 Å². The minimum atomic E-state index is -0.637. The van der Waals surface area contributed by atoms with Crippen LogP contribution in [0, 0.1) is 0 Å². The number of aromatic hydroxyl groups is 1. The molecular weight excluding hydrogens is 376 g/mol. The van der Waals surface area contributed by atoms with Gasteiger partial charge in [0.1, 0.15) is 0 Å². The second-order valence-corrected chi connectivity index (χ2v) is 5.63. The lowest BCUT2D eigenvalue weighted by Crippen LogP contribution is -2.13. The van der Waals surface area contributed by atoms with Gasteiger partial charge in [-0.2, -0.15) is 0 Å². The zero-order chi connectivity index (χ0) is 17.5. The first-order valence-electron chi connectivity index (χ1n) is 7.01. The number of halogens is 1. The largest absolute Gasteiger partial charge is 0.504 e. The zero-order valence-corrected chi connectivity index (χ0v) is 14.4. The molecule has 0 saturated carbocycles. The molecule has 0 aliphatic rings. The number of rotatable bonds is 6. The predicted molar refractivity (Wildman–Crippen MR) is 93.1 cm³/mol. The summed E-state index contributed by atoms with van der Waals surface area (Å²) < 4.78 is 10.6. The van der Waals surface area contributed by atoms with Gasteiger partial charge in [0.25, 0.3) is 0 Å². The second-order valence-electron chi connectivity index (χ2n) is 4.78. The Morgan fingerprint density at radius 2 is 1.96 bits per heavy atom. The highest BCUT2D eigenvalue weighted by Gasteiger charge is 2.11. The van der Waals surface area contributed by atoms with Crippen LogP contribution in [0.2, 0.25) is 0 Å². The van der Waals surface area contributed by atoms with Crippen molar-refractivity contribution in [2.24, 2.45) is 0 Å². The van der Waals surface area contributed by atoms with Crippen LogP contribution in [0.3, 0.4) is 0 Å². The van der Waals surface area contributed by atoms with E-state index >= 15 is 0 Å². The molecule has 2 aromatic carbocycles. The Balaban J connectivity index is 1.94. The number of hydrogen-bond acceptors (Lipinski definition) is 5. The first-order valence-corrected chi connectivity index (χ1v) is 7.80. The third-order valence-electron chi connectivity index (χ3n) is 3.14. The molecule has 124 valence electrons. The maximum atomic E-state index is 12.0. The Morgan fingerprint density at radius 3 is 2.67 bits per heavy atom. The summed E-state index contributed by atoms with van der Waals surface area (Å²) in [5, 5.41) is 9.51. The Kier molecular flexibility index (Phi) is 6.14.